The summed E-state index contributed by atoms with van der Waals surface area (Å²) >= 11 is 0. The summed E-state index contributed by atoms with van der Waals surface area (Å²) in [6.07, 6.45) is 1.53. The molecule has 0 radical (unpaired) electrons. The lowest BCUT2D eigenvalue weighted by atomic mass is 10.2. The van der Waals surface area contributed by atoms with Crippen LogP contribution in [0.5, 0.6) is 5.75 Å². The van der Waals surface area contributed by atoms with E-state index in [2.05, 4.69) is 17.2 Å². The van der Waals surface area contributed by atoms with E-state index in [0.29, 0.717) is 17.4 Å². The molecule has 0 aliphatic heterocycles. The fraction of sp³-hybridized carbons (Fsp3) is 0.167. The Balaban J connectivity index is 1.68. The Morgan fingerprint density at radius 3 is 2.68 bits per heavy atom. The van der Waals surface area contributed by atoms with Gasteiger partial charge in [-0.25, -0.2) is 9.18 Å². The first kappa shape index (κ1) is 14.2. The lowest BCUT2D eigenvalue weighted by Crippen LogP contribution is -2.16. The van der Waals surface area contributed by atoms with Crippen LogP contribution in [0.3, 0.4) is 0 Å². The molecule has 22 heavy (non-hydrogen) atoms. The van der Waals surface area contributed by atoms with E-state index in [9.17, 15) is 9.18 Å². The Kier molecular flexibility index (Phi) is 4.06. The largest absolute Gasteiger partial charge is 0.417 e. The predicted molar refractivity (Wildman–Crippen MR) is 82.1 cm³/mol. The van der Waals surface area contributed by atoms with Crippen LogP contribution >= 0.6 is 0 Å². The zero-order valence-corrected chi connectivity index (χ0v) is 11.8. The van der Waals surface area contributed by atoms with Crippen LogP contribution in [0.4, 0.5) is 14.9 Å². The van der Waals surface area contributed by atoms with E-state index < -0.39 is 11.9 Å². The van der Waals surface area contributed by atoms with Crippen LogP contribution in [0.1, 0.15) is 18.4 Å². The van der Waals surface area contributed by atoms with Gasteiger partial charge in [-0.15, -0.1) is 0 Å². The molecule has 4 heteroatoms. The van der Waals surface area contributed by atoms with Gasteiger partial charge in [-0.05, 0) is 43.2 Å². The van der Waals surface area contributed by atoms with Crippen LogP contribution in [-0.4, -0.2) is 6.09 Å². The molecule has 0 heterocycles. The van der Waals surface area contributed by atoms with Gasteiger partial charge in [0, 0.05) is 11.6 Å². The second-order valence-corrected chi connectivity index (χ2v) is 5.07. The average molecular weight is 295 g/mol. The minimum absolute atomic E-state index is 0.282. The third-order valence-electron chi connectivity index (χ3n) is 3.15. The number of rotatable bonds is 2. The fourth-order valence-electron chi connectivity index (χ4n) is 1.85. The van der Waals surface area contributed by atoms with Crippen molar-refractivity contribution >= 4 is 11.8 Å². The summed E-state index contributed by atoms with van der Waals surface area (Å²) in [7, 11) is 0. The second kappa shape index (κ2) is 6.31. The van der Waals surface area contributed by atoms with Crippen molar-refractivity contribution < 1.29 is 13.9 Å². The molecule has 1 saturated carbocycles. The number of amides is 1. The van der Waals surface area contributed by atoms with Crippen molar-refractivity contribution in [2.75, 3.05) is 5.32 Å². The molecule has 1 aliphatic rings. The first-order valence-electron chi connectivity index (χ1n) is 7.06. The maximum absolute atomic E-state index is 13.7. The smallest absolute Gasteiger partial charge is 0.410 e. The molecule has 0 unspecified atom stereocenters. The van der Waals surface area contributed by atoms with Gasteiger partial charge < -0.3 is 4.74 Å². The molecule has 0 bridgehead atoms. The zero-order valence-electron chi connectivity index (χ0n) is 11.8. The Morgan fingerprint density at radius 1 is 1.18 bits per heavy atom. The SMILES string of the molecule is O=C(Nc1ccc(F)c(C#CC2CC2)c1)Oc1ccccc1. The number of ether oxygens (including phenoxy) is 1. The van der Waals surface area contributed by atoms with Gasteiger partial charge in [0.05, 0.1) is 5.56 Å². The van der Waals surface area contributed by atoms with E-state index >= 15 is 0 Å². The van der Waals surface area contributed by atoms with E-state index in [1.807, 2.05) is 6.07 Å². The maximum atomic E-state index is 13.7. The number of nitrogens with one attached hydrogen (secondary N) is 1. The van der Waals surface area contributed by atoms with Crippen LogP contribution in [0.25, 0.3) is 0 Å². The van der Waals surface area contributed by atoms with Crippen LogP contribution in [-0.2, 0) is 0 Å². The molecule has 1 amide bonds. The quantitative estimate of drug-likeness (QED) is 0.843. The molecule has 2 aromatic rings. The minimum atomic E-state index is -0.626. The number of anilines is 1. The summed E-state index contributed by atoms with van der Waals surface area (Å²) in [6.45, 7) is 0. The van der Waals surface area contributed by atoms with Crippen LogP contribution in [0.15, 0.2) is 48.5 Å². The van der Waals surface area contributed by atoms with E-state index in [0.717, 1.165) is 12.8 Å². The normalized spacial score (nSPS) is 13.0. The third kappa shape index (κ3) is 3.86. The van der Waals surface area contributed by atoms with Crippen molar-refractivity contribution in [3.05, 3.63) is 59.9 Å². The van der Waals surface area contributed by atoms with Crippen molar-refractivity contribution in [3.63, 3.8) is 0 Å². The van der Waals surface area contributed by atoms with Crippen LogP contribution in [0, 0.1) is 23.6 Å². The molecule has 1 N–H and O–H groups in total. The highest BCUT2D eigenvalue weighted by Gasteiger charge is 2.18. The number of para-hydroxylation sites is 1. The van der Waals surface area contributed by atoms with Crippen molar-refractivity contribution in [2.45, 2.75) is 12.8 Å². The lowest BCUT2D eigenvalue weighted by Gasteiger charge is -2.07. The number of benzene rings is 2. The minimum Gasteiger partial charge on any atom is -0.410 e. The zero-order chi connectivity index (χ0) is 15.4. The molecule has 0 aromatic heterocycles. The molecular weight excluding hydrogens is 281 g/mol. The van der Waals surface area contributed by atoms with Gasteiger partial charge >= 0.3 is 6.09 Å². The number of carbonyl (C=O) groups is 1. The van der Waals surface area contributed by atoms with Gasteiger partial charge in [-0.1, -0.05) is 30.0 Å². The molecular formula is C18H14FNO2. The lowest BCUT2D eigenvalue weighted by molar-refractivity contribution is 0.215. The van der Waals surface area contributed by atoms with Crippen molar-refractivity contribution in [1.29, 1.82) is 0 Å². The van der Waals surface area contributed by atoms with E-state index in [1.165, 1.54) is 18.2 Å². The van der Waals surface area contributed by atoms with Gasteiger partial charge in [0.15, 0.2) is 0 Å². The monoisotopic (exact) mass is 295 g/mol. The van der Waals surface area contributed by atoms with Gasteiger partial charge in [-0.3, -0.25) is 5.32 Å². The maximum Gasteiger partial charge on any atom is 0.417 e. The summed E-state index contributed by atoms with van der Waals surface area (Å²) in [6, 6.07) is 13.0. The van der Waals surface area contributed by atoms with Crippen molar-refractivity contribution in [1.82, 2.24) is 0 Å². The number of hydrogen-bond donors (Lipinski definition) is 1. The van der Waals surface area contributed by atoms with E-state index in [1.54, 1.807) is 24.3 Å². The van der Waals surface area contributed by atoms with Crippen LogP contribution in [0.2, 0.25) is 0 Å². The van der Waals surface area contributed by atoms with Gasteiger partial charge in [0.25, 0.3) is 0 Å². The molecule has 3 rings (SSSR count). The Morgan fingerprint density at radius 2 is 1.95 bits per heavy atom. The molecule has 0 spiro atoms. The Labute approximate surface area is 128 Å². The average Bonchev–Trinajstić information content (AvgIpc) is 3.33. The molecule has 2 aromatic carbocycles. The predicted octanol–water partition coefficient (Wildman–Crippen LogP) is 4.20. The summed E-state index contributed by atoms with van der Waals surface area (Å²) in [5, 5.41) is 2.57. The fourth-order valence-corrected chi connectivity index (χ4v) is 1.85. The highest BCUT2D eigenvalue weighted by Crippen LogP contribution is 2.27. The topological polar surface area (TPSA) is 38.3 Å². The third-order valence-corrected chi connectivity index (χ3v) is 3.15. The van der Waals surface area contributed by atoms with Gasteiger partial charge in [0.2, 0.25) is 0 Å². The summed E-state index contributed by atoms with van der Waals surface area (Å²) in [5.74, 6) is 6.26. The number of carbonyl (C=O) groups excluding carboxylic acids is 1. The first-order valence-corrected chi connectivity index (χ1v) is 7.06. The summed E-state index contributed by atoms with van der Waals surface area (Å²) < 4.78 is 18.8. The van der Waals surface area contributed by atoms with Gasteiger partial charge in [0.1, 0.15) is 11.6 Å². The molecule has 1 aliphatic carbocycles. The Bertz CT molecular complexity index is 743. The van der Waals surface area contributed by atoms with Gasteiger partial charge in [-0.2, -0.15) is 0 Å². The van der Waals surface area contributed by atoms with Crippen molar-refractivity contribution in [3.8, 4) is 17.6 Å². The van der Waals surface area contributed by atoms with E-state index in [-0.39, 0.29) is 5.56 Å². The number of hydrogen-bond acceptors (Lipinski definition) is 2. The Hall–Kier alpha value is -2.80. The summed E-state index contributed by atoms with van der Waals surface area (Å²) in [4.78, 5) is 11.8. The highest BCUT2D eigenvalue weighted by molar-refractivity contribution is 5.86. The summed E-state index contributed by atoms with van der Waals surface area (Å²) in [5.41, 5.74) is 0.729. The molecule has 110 valence electrons. The molecule has 3 nitrogen and oxygen atoms in total. The molecule has 1 fully saturated rings. The molecule has 0 atom stereocenters. The molecule has 0 saturated heterocycles. The highest BCUT2D eigenvalue weighted by atomic mass is 19.1. The first-order chi connectivity index (χ1) is 10.7. The van der Waals surface area contributed by atoms with E-state index in [4.69, 9.17) is 4.74 Å². The van der Waals surface area contributed by atoms with Crippen molar-refractivity contribution in [2.24, 2.45) is 5.92 Å². The van der Waals surface area contributed by atoms with Crippen LogP contribution < -0.4 is 10.1 Å². The second-order valence-electron chi connectivity index (χ2n) is 5.07. The standard InChI is InChI=1S/C18H14FNO2/c19-17-11-10-15(12-14(17)9-8-13-6-7-13)20-18(21)22-16-4-2-1-3-5-16/h1-5,10-13H,6-7H2,(H,20,21). The number of halogens is 1.